The molecule has 0 bridgehead atoms. The Bertz CT molecular complexity index is 1910. The number of hydrogen-bond acceptors (Lipinski definition) is 12. The van der Waals surface area contributed by atoms with Gasteiger partial charge in [0.05, 0.1) is 33.4 Å². The van der Waals surface area contributed by atoms with Crippen LogP contribution in [0.2, 0.25) is 0 Å². The summed E-state index contributed by atoms with van der Waals surface area (Å²) in [5.41, 5.74) is 1.19. The zero-order valence-corrected chi connectivity index (χ0v) is 28.4. The molecule has 49 heavy (non-hydrogen) atoms. The van der Waals surface area contributed by atoms with Crippen molar-refractivity contribution in [3.8, 4) is 23.4 Å². The number of amides is 2. The second-order valence-corrected chi connectivity index (χ2v) is 14.5. The highest BCUT2D eigenvalue weighted by Gasteiger charge is 2.67. The predicted octanol–water partition coefficient (Wildman–Crippen LogP) is 2.10. The molecule has 0 aliphatic carbocycles. The molecule has 2 fully saturated rings. The largest absolute Gasteiger partial charge is 0.497 e. The lowest BCUT2D eigenvalue weighted by Crippen LogP contribution is -2.78. The number of sulfonamides is 1. The normalized spacial score (nSPS) is 26.3. The van der Waals surface area contributed by atoms with E-state index in [4.69, 9.17) is 14.2 Å². The highest BCUT2D eigenvalue weighted by atomic mass is 32.2. The zero-order valence-electron chi connectivity index (χ0n) is 27.6. The Morgan fingerprint density at radius 1 is 1.04 bits per heavy atom. The standard InChI is InChI=1S/C34H38N6O8S/c1-38-16-13-21(14-17-38)39-22(19-35)20-40(34(42)43,49(44,45)28-12-11-23(46-2)18-27(28)47-3)31(30(39)25-9-7-15-36-33(25)48-4)29-24-8-5-6-10-26(24)37-32(29)41/h5-12,15,18,21-22,29-31H,13-14,16-17,20H2,1-4H3,(H-,37,41,42,43). The zero-order chi connectivity index (χ0) is 35.1. The number of anilines is 1. The summed E-state index contributed by atoms with van der Waals surface area (Å²) in [6.07, 6.45) is 0.728. The molecule has 6 rings (SSSR count). The van der Waals surface area contributed by atoms with Crippen molar-refractivity contribution in [1.82, 2.24) is 14.8 Å². The number of rotatable bonds is 8. The minimum absolute atomic E-state index is 0.108. The second kappa shape index (κ2) is 13.3. The lowest BCUT2D eigenvalue weighted by molar-refractivity contribution is -0.800. The molecule has 2 saturated heterocycles. The van der Waals surface area contributed by atoms with Crippen LogP contribution in [0.4, 0.5) is 10.5 Å². The van der Waals surface area contributed by atoms with Gasteiger partial charge in [-0.1, -0.05) is 24.3 Å². The minimum atomic E-state index is -5.10. The van der Waals surface area contributed by atoms with Gasteiger partial charge in [0.1, 0.15) is 36.0 Å². The Balaban J connectivity index is 1.72. The van der Waals surface area contributed by atoms with Crippen molar-refractivity contribution < 1.29 is 41.2 Å². The topological polar surface area (TPSA) is 174 Å². The summed E-state index contributed by atoms with van der Waals surface area (Å²) in [6.45, 7) is 0.642. The maximum absolute atomic E-state index is 15.4. The number of methoxy groups -OCH3 is 3. The van der Waals surface area contributed by atoms with Crippen LogP contribution in [0.5, 0.6) is 17.4 Å². The van der Waals surface area contributed by atoms with Gasteiger partial charge in [-0.05, 0) is 62.8 Å². The average Bonchev–Trinajstić information content (AvgIpc) is 3.45. The van der Waals surface area contributed by atoms with Crippen LogP contribution in [0.1, 0.15) is 35.9 Å². The number of aromatic nitrogens is 1. The quantitative estimate of drug-likeness (QED) is 0.342. The molecule has 3 aliphatic rings. The van der Waals surface area contributed by atoms with E-state index in [2.05, 4.69) is 21.3 Å². The maximum Gasteiger partial charge on any atom is 0.337 e. The van der Waals surface area contributed by atoms with Gasteiger partial charge in [-0.15, -0.1) is 0 Å². The number of likely N-dealkylation sites (tertiary alicyclic amines) is 1. The lowest BCUT2D eigenvalue weighted by atomic mass is 9.79. The van der Waals surface area contributed by atoms with E-state index in [0.29, 0.717) is 42.7 Å². The number of carboxylic acid groups (broad SMARTS) is 1. The van der Waals surface area contributed by atoms with E-state index in [1.54, 1.807) is 36.4 Å². The van der Waals surface area contributed by atoms with Crippen LogP contribution in [0.25, 0.3) is 0 Å². The smallest absolute Gasteiger partial charge is 0.337 e. The molecule has 4 heterocycles. The fourth-order valence-electron chi connectivity index (χ4n) is 7.81. The number of carbonyl (C=O) groups is 2. The van der Waals surface area contributed by atoms with Crippen LogP contribution >= 0.6 is 0 Å². The number of piperazine rings is 1. The van der Waals surface area contributed by atoms with Crippen molar-refractivity contribution in [2.75, 3.05) is 53.3 Å². The first-order chi connectivity index (χ1) is 23.5. The fourth-order valence-corrected chi connectivity index (χ4v) is 9.89. The molecule has 15 heteroatoms. The first kappa shape index (κ1) is 34.1. The van der Waals surface area contributed by atoms with Crippen molar-refractivity contribution in [3.63, 3.8) is 0 Å². The molecule has 14 nitrogen and oxygen atoms in total. The summed E-state index contributed by atoms with van der Waals surface area (Å²) in [5.74, 6) is -1.70. The summed E-state index contributed by atoms with van der Waals surface area (Å²) < 4.78 is 45.4. The molecule has 1 N–H and O–H groups in total. The number of nitrogens with zero attached hydrogens (tertiary/aromatic N) is 5. The van der Waals surface area contributed by atoms with E-state index in [1.165, 1.54) is 45.7 Å². The molecule has 1 aromatic heterocycles. The predicted molar refractivity (Wildman–Crippen MR) is 174 cm³/mol. The molecule has 5 atom stereocenters. The molecule has 5 unspecified atom stereocenters. The van der Waals surface area contributed by atoms with E-state index < -0.39 is 61.4 Å². The third kappa shape index (κ3) is 5.45. The molecule has 3 aromatic rings. The monoisotopic (exact) mass is 690 g/mol. The highest BCUT2D eigenvalue weighted by Crippen LogP contribution is 2.53. The number of carbonyl (C=O) groups excluding carboxylic acids is 2. The molecule has 2 amide bonds. The molecule has 3 aliphatic heterocycles. The van der Waals surface area contributed by atoms with Gasteiger partial charge in [-0.2, -0.15) is 17.6 Å². The Morgan fingerprint density at radius 2 is 1.76 bits per heavy atom. The number of ether oxygens (including phenoxy) is 3. The molecule has 2 aromatic carbocycles. The summed E-state index contributed by atoms with van der Waals surface area (Å²) >= 11 is 0. The van der Waals surface area contributed by atoms with Crippen LogP contribution < -0.4 is 24.6 Å². The third-order valence-electron chi connectivity index (χ3n) is 10.1. The van der Waals surface area contributed by atoms with Crippen molar-refractivity contribution in [2.45, 2.75) is 47.8 Å². The van der Waals surface area contributed by atoms with Gasteiger partial charge in [0.2, 0.25) is 11.8 Å². The van der Waals surface area contributed by atoms with E-state index in [0.717, 1.165) is 0 Å². The number of hydrogen-bond donors (Lipinski definition) is 1. The second-order valence-electron chi connectivity index (χ2n) is 12.5. The Kier molecular flexibility index (Phi) is 9.25. The highest BCUT2D eigenvalue weighted by molar-refractivity contribution is 7.86. The number of nitrogens with one attached hydrogen (secondary N) is 1. The van der Waals surface area contributed by atoms with Crippen LogP contribution in [0.15, 0.2) is 65.7 Å². The van der Waals surface area contributed by atoms with Crippen molar-refractivity contribution in [1.29, 1.82) is 5.26 Å². The van der Waals surface area contributed by atoms with Gasteiger partial charge in [0.15, 0.2) is 4.90 Å². The number of quaternary nitrogens is 1. The maximum atomic E-state index is 15.4. The first-order valence-corrected chi connectivity index (χ1v) is 17.3. The number of fused-ring (bicyclic) bond motifs is 1. The van der Waals surface area contributed by atoms with Crippen LogP contribution in [-0.2, 0) is 14.8 Å². The summed E-state index contributed by atoms with van der Waals surface area (Å²) in [5, 5.41) is 27.7. The van der Waals surface area contributed by atoms with E-state index >= 15 is 8.42 Å². The molecular weight excluding hydrogens is 652 g/mol. The summed E-state index contributed by atoms with van der Waals surface area (Å²) in [6, 6.07) is 11.9. The Morgan fingerprint density at radius 3 is 2.41 bits per heavy atom. The van der Waals surface area contributed by atoms with Crippen LogP contribution in [-0.4, -0.2) is 105 Å². The number of benzene rings is 2. The van der Waals surface area contributed by atoms with Crippen LogP contribution in [0, 0.1) is 11.3 Å². The van der Waals surface area contributed by atoms with Gasteiger partial charge in [0, 0.05) is 29.6 Å². The van der Waals surface area contributed by atoms with Crippen molar-refractivity contribution in [3.05, 3.63) is 71.9 Å². The first-order valence-electron chi connectivity index (χ1n) is 15.8. The molecule has 258 valence electrons. The molecule has 0 spiro atoms. The van der Waals surface area contributed by atoms with Crippen molar-refractivity contribution in [2.24, 2.45) is 0 Å². The van der Waals surface area contributed by atoms with E-state index in [9.17, 15) is 20.0 Å². The number of nitriles is 1. The number of pyridine rings is 1. The van der Waals surface area contributed by atoms with Gasteiger partial charge in [0.25, 0.3) is 6.09 Å². The van der Waals surface area contributed by atoms with Gasteiger partial charge in [-0.25, -0.2) is 4.98 Å². The SMILES string of the molecule is COc1ccc(S(=O)(=O)[N+]2(C(=O)[O-])CC(C#N)N(C3CCN(C)CC3)C(c3cccnc3OC)C2C2C(=O)Nc3ccccc32)c(OC)c1. The van der Waals surface area contributed by atoms with Gasteiger partial charge in [-0.3, -0.25) is 9.69 Å². The number of piperidine rings is 1. The summed E-state index contributed by atoms with van der Waals surface area (Å²) in [4.78, 5) is 36.2. The van der Waals surface area contributed by atoms with E-state index in [1.807, 2.05) is 11.9 Å². The third-order valence-corrected chi connectivity index (χ3v) is 12.4. The molecule has 0 radical (unpaired) electrons. The minimum Gasteiger partial charge on any atom is -0.497 e. The lowest BCUT2D eigenvalue weighted by Gasteiger charge is -2.57. The summed E-state index contributed by atoms with van der Waals surface area (Å²) in [7, 11) is 0.952. The van der Waals surface area contributed by atoms with E-state index in [-0.39, 0.29) is 23.4 Å². The Hall–Kier alpha value is -4.75. The molecule has 0 saturated carbocycles. The molecular formula is C34H38N6O8S. The average molecular weight is 691 g/mol. The van der Waals surface area contributed by atoms with Gasteiger partial charge < -0.3 is 34.3 Å². The van der Waals surface area contributed by atoms with Crippen molar-refractivity contribution >= 4 is 27.7 Å². The van der Waals surface area contributed by atoms with Gasteiger partial charge >= 0.3 is 10.0 Å². The fraction of sp³-hybridized carbons (Fsp3) is 0.412. The van der Waals surface area contributed by atoms with Crippen LogP contribution in [0.3, 0.4) is 0 Å². The number of para-hydroxylation sites is 1. The Labute approximate surface area is 285 Å².